The summed E-state index contributed by atoms with van der Waals surface area (Å²) >= 11 is 0. The average Bonchev–Trinajstić information content (AvgIpc) is 2.45. The second kappa shape index (κ2) is 6.33. The smallest absolute Gasteiger partial charge is 0.416 e. The Morgan fingerprint density at radius 2 is 2.18 bits per heavy atom. The summed E-state index contributed by atoms with van der Waals surface area (Å²) in [6.07, 6.45) is -3.87. The number of likely N-dealkylation sites (tertiary alicyclic amines) is 1. The molecule has 1 aliphatic rings. The van der Waals surface area contributed by atoms with Crippen LogP contribution < -0.4 is 10.5 Å². The predicted molar refractivity (Wildman–Crippen MR) is 73.7 cm³/mol. The molecule has 1 saturated heterocycles. The van der Waals surface area contributed by atoms with E-state index >= 15 is 0 Å². The van der Waals surface area contributed by atoms with Crippen LogP contribution in [0.15, 0.2) is 18.2 Å². The molecule has 1 aromatic carbocycles. The van der Waals surface area contributed by atoms with Crippen LogP contribution in [0.1, 0.15) is 18.4 Å². The van der Waals surface area contributed by atoms with Gasteiger partial charge in [0, 0.05) is 19.0 Å². The van der Waals surface area contributed by atoms with Crippen molar-refractivity contribution in [3.63, 3.8) is 0 Å². The molecule has 0 unspecified atom stereocenters. The van der Waals surface area contributed by atoms with Crippen LogP contribution in [0.4, 0.5) is 23.7 Å². The second-order valence-electron chi connectivity index (χ2n) is 5.30. The zero-order chi connectivity index (χ0) is 16.3. The van der Waals surface area contributed by atoms with Gasteiger partial charge in [0.15, 0.2) is 0 Å². The van der Waals surface area contributed by atoms with Crippen LogP contribution in [-0.2, 0) is 6.18 Å². The fourth-order valence-electron chi connectivity index (χ4n) is 2.44. The molecule has 1 heterocycles. The summed E-state index contributed by atoms with van der Waals surface area (Å²) in [4.78, 5) is 12.2. The lowest BCUT2D eigenvalue weighted by molar-refractivity contribution is -0.137. The Labute approximate surface area is 125 Å². The monoisotopic (exact) mass is 318 g/mol. The first-order valence-electron chi connectivity index (χ1n) is 6.84. The van der Waals surface area contributed by atoms with Crippen LogP contribution in [0.2, 0.25) is 0 Å². The summed E-state index contributed by atoms with van der Waals surface area (Å²) in [5.74, 6) is 0.187. The molecule has 5 nitrogen and oxygen atoms in total. The predicted octanol–water partition coefficient (Wildman–Crippen LogP) is 3.06. The van der Waals surface area contributed by atoms with E-state index in [1.54, 1.807) is 0 Å². The van der Waals surface area contributed by atoms with Gasteiger partial charge in [0.25, 0.3) is 0 Å². The van der Waals surface area contributed by atoms with Crippen molar-refractivity contribution in [3.05, 3.63) is 23.8 Å². The lowest BCUT2D eigenvalue weighted by atomic mass is 9.99. The Hall–Kier alpha value is -2.12. The molecular formula is C14H17F3N2O3. The van der Waals surface area contributed by atoms with Gasteiger partial charge in [-0.1, -0.05) is 0 Å². The van der Waals surface area contributed by atoms with E-state index in [2.05, 4.69) is 0 Å². The summed E-state index contributed by atoms with van der Waals surface area (Å²) in [5, 5.41) is 8.95. The molecule has 0 radical (unpaired) electrons. The number of hydrogen-bond acceptors (Lipinski definition) is 3. The van der Waals surface area contributed by atoms with Gasteiger partial charge in [0.1, 0.15) is 5.75 Å². The van der Waals surface area contributed by atoms with E-state index < -0.39 is 17.8 Å². The zero-order valence-electron chi connectivity index (χ0n) is 11.8. The second-order valence-corrected chi connectivity index (χ2v) is 5.30. The highest BCUT2D eigenvalue weighted by Gasteiger charge is 2.31. The standard InChI is InChI=1S/C14H17F3N2O3/c15-14(16,17)10-3-4-12(11(18)6-10)22-8-9-2-1-5-19(7-9)13(20)21/h3-4,6,9H,1-2,5,7-8,18H2,(H,20,21)/t9-/m0/s1. The highest BCUT2D eigenvalue weighted by molar-refractivity contribution is 5.65. The molecule has 0 saturated carbocycles. The van der Waals surface area contributed by atoms with E-state index in [9.17, 15) is 18.0 Å². The fraction of sp³-hybridized carbons (Fsp3) is 0.500. The minimum atomic E-state index is -4.45. The fourth-order valence-corrected chi connectivity index (χ4v) is 2.44. The normalized spacial score (nSPS) is 19.0. The third-order valence-electron chi connectivity index (χ3n) is 3.60. The number of rotatable bonds is 3. The molecule has 2 rings (SSSR count). The summed E-state index contributed by atoms with van der Waals surface area (Å²) in [6, 6.07) is 2.94. The summed E-state index contributed by atoms with van der Waals surface area (Å²) < 4.78 is 43.1. The molecule has 1 aliphatic heterocycles. The summed E-state index contributed by atoms with van der Waals surface area (Å²) in [5.41, 5.74) is 4.67. The van der Waals surface area contributed by atoms with Crippen molar-refractivity contribution >= 4 is 11.8 Å². The Morgan fingerprint density at radius 1 is 1.45 bits per heavy atom. The van der Waals surface area contributed by atoms with Crippen molar-refractivity contribution in [1.29, 1.82) is 0 Å². The quantitative estimate of drug-likeness (QED) is 0.840. The van der Waals surface area contributed by atoms with Crippen molar-refractivity contribution in [3.8, 4) is 5.75 Å². The van der Waals surface area contributed by atoms with Crippen molar-refractivity contribution < 1.29 is 27.8 Å². The minimum absolute atomic E-state index is 0.00606. The third kappa shape index (κ3) is 3.96. The molecule has 0 bridgehead atoms. The molecule has 1 amide bonds. The van der Waals surface area contributed by atoms with Gasteiger partial charge in [0.2, 0.25) is 0 Å². The number of ether oxygens (including phenoxy) is 1. The van der Waals surface area contributed by atoms with Gasteiger partial charge in [-0.05, 0) is 31.0 Å². The van der Waals surface area contributed by atoms with Crippen molar-refractivity contribution in [1.82, 2.24) is 4.90 Å². The number of alkyl halides is 3. The van der Waals surface area contributed by atoms with Gasteiger partial charge < -0.3 is 20.5 Å². The number of hydrogen-bond donors (Lipinski definition) is 2. The molecule has 1 atom stereocenters. The summed E-state index contributed by atoms with van der Waals surface area (Å²) in [7, 11) is 0. The number of nitrogens with zero attached hydrogens (tertiary/aromatic N) is 1. The maximum atomic E-state index is 12.5. The largest absolute Gasteiger partial charge is 0.491 e. The van der Waals surface area contributed by atoms with E-state index in [1.165, 1.54) is 11.0 Å². The van der Waals surface area contributed by atoms with E-state index in [0.717, 1.165) is 25.0 Å². The molecule has 8 heteroatoms. The lowest BCUT2D eigenvalue weighted by Crippen LogP contribution is -2.40. The first-order chi connectivity index (χ1) is 10.3. The molecule has 3 N–H and O–H groups in total. The Kier molecular flexibility index (Phi) is 4.68. The van der Waals surface area contributed by atoms with Gasteiger partial charge in [-0.25, -0.2) is 4.79 Å². The van der Waals surface area contributed by atoms with Gasteiger partial charge in [-0.2, -0.15) is 13.2 Å². The Bertz CT molecular complexity index is 549. The van der Waals surface area contributed by atoms with E-state index in [1.807, 2.05) is 0 Å². The van der Waals surface area contributed by atoms with Crippen LogP contribution in [0, 0.1) is 5.92 Å². The van der Waals surface area contributed by atoms with Gasteiger partial charge in [-0.15, -0.1) is 0 Å². The maximum Gasteiger partial charge on any atom is 0.416 e. The van der Waals surface area contributed by atoms with E-state index in [4.69, 9.17) is 15.6 Å². The first kappa shape index (κ1) is 16.3. The molecule has 1 aromatic rings. The highest BCUT2D eigenvalue weighted by Crippen LogP contribution is 2.34. The number of nitrogen functional groups attached to an aromatic ring is 1. The SMILES string of the molecule is Nc1cc(C(F)(F)F)ccc1OC[C@H]1CCCN(C(=O)O)C1. The van der Waals surface area contributed by atoms with Crippen LogP contribution in [-0.4, -0.2) is 35.8 Å². The molecule has 1 fully saturated rings. The first-order valence-corrected chi connectivity index (χ1v) is 6.84. The van der Waals surface area contributed by atoms with Crippen molar-refractivity contribution in [2.24, 2.45) is 5.92 Å². The third-order valence-corrected chi connectivity index (χ3v) is 3.60. The molecule has 0 aromatic heterocycles. The van der Waals surface area contributed by atoms with Crippen LogP contribution in [0.3, 0.4) is 0 Å². The average molecular weight is 318 g/mol. The lowest BCUT2D eigenvalue weighted by Gasteiger charge is -2.30. The molecule has 0 aliphatic carbocycles. The number of nitrogens with two attached hydrogens (primary N) is 1. The number of amides is 1. The van der Waals surface area contributed by atoms with Crippen molar-refractivity contribution in [2.45, 2.75) is 19.0 Å². The minimum Gasteiger partial charge on any atom is -0.491 e. The highest BCUT2D eigenvalue weighted by atomic mass is 19.4. The molecule has 0 spiro atoms. The molecule has 22 heavy (non-hydrogen) atoms. The number of halogens is 3. The maximum absolute atomic E-state index is 12.5. The van der Waals surface area contributed by atoms with Gasteiger partial charge in [0.05, 0.1) is 17.9 Å². The van der Waals surface area contributed by atoms with Crippen LogP contribution in [0.5, 0.6) is 5.75 Å². The number of anilines is 1. The Balaban J connectivity index is 1.96. The number of carbonyl (C=O) groups is 1. The van der Waals surface area contributed by atoms with Gasteiger partial charge in [-0.3, -0.25) is 0 Å². The Morgan fingerprint density at radius 3 is 2.77 bits per heavy atom. The number of benzene rings is 1. The zero-order valence-corrected chi connectivity index (χ0v) is 11.8. The van der Waals surface area contributed by atoms with E-state index in [-0.39, 0.29) is 24.0 Å². The van der Waals surface area contributed by atoms with Crippen molar-refractivity contribution in [2.75, 3.05) is 25.4 Å². The van der Waals surface area contributed by atoms with Gasteiger partial charge >= 0.3 is 12.3 Å². The topological polar surface area (TPSA) is 75.8 Å². The molecular weight excluding hydrogens is 301 g/mol. The number of piperidine rings is 1. The van der Waals surface area contributed by atoms with E-state index in [0.29, 0.717) is 13.1 Å². The van der Waals surface area contributed by atoms with Crippen LogP contribution >= 0.6 is 0 Å². The number of carboxylic acid groups (broad SMARTS) is 1. The summed E-state index contributed by atoms with van der Waals surface area (Å²) in [6.45, 7) is 1.07. The van der Waals surface area contributed by atoms with Crippen LogP contribution in [0.25, 0.3) is 0 Å². The molecule has 122 valence electrons.